The van der Waals surface area contributed by atoms with Gasteiger partial charge in [-0.2, -0.15) is 4.98 Å². The molecule has 2 saturated heterocycles. The summed E-state index contributed by atoms with van der Waals surface area (Å²) in [6.07, 6.45) is 2.85. The number of anilines is 1. The fourth-order valence-corrected chi connectivity index (χ4v) is 4.97. The number of carbonyl (C=O) groups excluding carboxylic acids is 2. The molecule has 2 aliphatic rings. The summed E-state index contributed by atoms with van der Waals surface area (Å²) in [6, 6.07) is 10.6. The molecule has 0 spiro atoms. The van der Waals surface area contributed by atoms with Gasteiger partial charge in [-0.15, -0.1) is 0 Å². The van der Waals surface area contributed by atoms with E-state index < -0.39 is 11.9 Å². The molecule has 2 aromatic heterocycles. The summed E-state index contributed by atoms with van der Waals surface area (Å²) >= 11 is 0. The van der Waals surface area contributed by atoms with Crippen molar-refractivity contribution in [1.82, 2.24) is 19.5 Å². The van der Waals surface area contributed by atoms with Crippen molar-refractivity contribution in [2.24, 2.45) is 11.7 Å². The molecule has 4 heterocycles. The molecular weight excluding hydrogens is 450 g/mol. The smallest absolute Gasteiger partial charge is 0.292 e. The number of hydrogen-bond donors (Lipinski definition) is 2. The first-order chi connectivity index (χ1) is 16.9. The molecule has 0 unspecified atom stereocenters. The van der Waals surface area contributed by atoms with Crippen LogP contribution in [0.1, 0.15) is 12.8 Å². The topological polar surface area (TPSA) is 154 Å². The van der Waals surface area contributed by atoms with E-state index in [0.717, 1.165) is 17.5 Å². The number of nitrogen functional groups attached to an aromatic ring is 1. The number of rotatable bonds is 4. The molecule has 0 aliphatic carbocycles. The molecule has 0 saturated carbocycles. The summed E-state index contributed by atoms with van der Waals surface area (Å²) in [7, 11) is 0. The molecule has 2 aromatic carbocycles. The molecule has 0 radical (unpaired) electrons. The molecule has 35 heavy (non-hydrogen) atoms. The molecule has 178 valence electrons. The summed E-state index contributed by atoms with van der Waals surface area (Å²) in [5.41, 5.74) is 14.4. The van der Waals surface area contributed by atoms with Crippen LogP contribution in [0.3, 0.4) is 0 Å². The number of carbonyl (C=O) groups is 2. The number of amides is 2. The van der Waals surface area contributed by atoms with Gasteiger partial charge >= 0.3 is 0 Å². The maximum atomic E-state index is 13.3. The average molecular weight is 473 g/mol. The molecular formula is C24H23N7O4. The van der Waals surface area contributed by atoms with E-state index in [1.165, 1.54) is 11.0 Å². The van der Waals surface area contributed by atoms with Crippen molar-refractivity contribution >= 4 is 39.8 Å². The third kappa shape index (κ3) is 3.47. The van der Waals surface area contributed by atoms with Gasteiger partial charge in [0.25, 0.3) is 11.6 Å². The summed E-state index contributed by atoms with van der Waals surface area (Å²) in [5, 5.41) is 2.25. The van der Waals surface area contributed by atoms with Gasteiger partial charge in [0.15, 0.2) is 5.58 Å². The lowest BCUT2D eigenvalue weighted by Gasteiger charge is -2.42. The van der Waals surface area contributed by atoms with E-state index in [-0.39, 0.29) is 23.4 Å². The Morgan fingerprint density at radius 2 is 1.83 bits per heavy atom. The SMILES string of the molecule is NC(=O)[C@@H]1CCCN1C(=O)C1CN(n2cnc3ccc(-c4ccc5oc(N)nc5c4)cc3c2=O)C1. The van der Waals surface area contributed by atoms with Crippen LogP contribution in [0.15, 0.2) is 51.9 Å². The first kappa shape index (κ1) is 21.1. The molecule has 6 rings (SSSR count). The Kier molecular flexibility index (Phi) is 4.73. The lowest BCUT2D eigenvalue weighted by Crippen LogP contribution is -2.62. The van der Waals surface area contributed by atoms with Crippen LogP contribution in [-0.2, 0) is 9.59 Å². The van der Waals surface area contributed by atoms with Crippen molar-refractivity contribution in [3.8, 4) is 11.1 Å². The van der Waals surface area contributed by atoms with Crippen LogP contribution in [-0.4, -0.2) is 57.0 Å². The van der Waals surface area contributed by atoms with Crippen molar-refractivity contribution in [2.45, 2.75) is 18.9 Å². The van der Waals surface area contributed by atoms with Crippen molar-refractivity contribution in [1.29, 1.82) is 0 Å². The third-order valence-corrected chi connectivity index (χ3v) is 6.86. The number of nitrogens with two attached hydrogens (primary N) is 2. The lowest BCUT2D eigenvalue weighted by molar-refractivity contribution is -0.141. The normalized spacial score (nSPS) is 18.3. The highest BCUT2D eigenvalue weighted by Gasteiger charge is 2.41. The van der Waals surface area contributed by atoms with Crippen LogP contribution in [0.4, 0.5) is 6.01 Å². The number of benzene rings is 2. The fourth-order valence-electron chi connectivity index (χ4n) is 4.97. The number of aromatic nitrogens is 3. The summed E-state index contributed by atoms with van der Waals surface area (Å²) < 4.78 is 6.78. The number of hydrogen-bond acceptors (Lipinski definition) is 8. The predicted octanol–water partition coefficient (Wildman–Crippen LogP) is 0.831. The molecule has 2 aliphatic heterocycles. The monoisotopic (exact) mass is 473 g/mol. The second-order valence-electron chi connectivity index (χ2n) is 9.02. The molecule has 4 aromatic rings. The molecule has 4 N–H and O–H groups in total. The molecule has 2 amide bonds. The standard InChI is InChI=1S/C24H23N7O4/c25-21(32)19-2-1-7-30(19)22(33)15-10-29(11-15)31-12-27-17-5-3-13(8-16(17)23(31)34)14-4-6-20-18(9-14)28-24(26)35-20/h3-6,8-9,12,15,19H,1-2,7,10-11H2,(H2,25,32)(H2,26,28)/t19-/m0/s1. The number of likely N-dealkylation sites (tertiary alicyclic amines) is 1. The Labute approximate surface area is 198 Å². The zero-order valence-electron chi connectivity index (χ0n) is 18.8. The Bertz CT molecular complexity index is 1550. The molecule has 1 atom stereocenters. The highest BCUT2D eigenvalue weighted by molar-refractivity contribution is 5.89. The van der Waals surface area contributed by atoms with Gasteiger partial charge < -0.3 is 25.8 Å². The first-order valence-corrected chi connectivity index (χ1v) is 11.4. The van der Waals surface area contributed by atoms with E-state index in [4.69, 9.17) is 15.9 Å². The third-order valence-electron chi connectivity index (χ3n) is 6.86. The maximum Gasteiger partial charge on any atom is 0.292 e. The molecule has 11 nitrogen and oxygen atoms in total. The minimum atomic E-state index is -0.534. The van der Waals surface area contributed by atoms with Gasteiger partial charge in [-0.3, -0.25) is 14.4 Å². The molecule has 2 fully saturated rings. The number of fused-ring (bicyclic) bond motifs is 2. The molecule has 11 heteroatoms. The van der Waals surface area contributed by atoms with Gasteiger partial charge in [-0.05, 0) is 48.2 Å². The highest BCUT2D eigenvalue weighted by Crippen LogP contribution is 2.27. The Morgan fingerprint density at radius 1 is 1.06 bits per heavy atom. The van der Waals surface area contributed by atoms with Crippen LogP contribution in [0.5, 0.6) is 0 Å². The zero-order chi connectivity index (χ0) is 24.3. The largest absolute Gasteiger partial charge is 0.424 e. The van der Waals surface area contributed by atoms with Gasteiger partial charge in [0.2, 0.25) is 11.8 Å². The minimum absolute atomic E-state index is 0.0875. The van der Waals surface area contributed by atoms with E-state index in [1.807, 2.05) is 18.2 Å². The predicted molar refractivity (Wildman–Crippen MR) is 129 cm³/mol. The van der Waals surface area contributed by atoms with Crippen molar-refractivity contribution in [3.63, 3.8) is 0 Å². The van der Waals surface area contributed by atoms with E-state index in [0.29, 0.717) is 48.1 Å². The highest BCUT2D eigenvalue weighted by atomic mass is 16.4. The fraction of sp³-hybridized carbons (Fsp3) is 0.292. The van der Waals surface area contributed by atoms with Crippen molar-refractivity contribution in [3.05, 3.63) is 53.1 Å². The zero-order valence-corrected chi connectivity index (χ0v) is 18.8. The Balaban J connectivity index is 1.25. The van der Waals surface area contributed by atoms with Gasteiger partial charge in [0.1, 0.15) is 17.9 Å². The number of primary amides is 1. The van der Waals surface area contributed by atoms with E-state index >= 15 is 0 Å². The number of oxazole rings is 1. The minimum Gasteiger partial charge on any atom is -0.424 e. The Hall–Kier alpha value is -4.41. The van der Waals surface area contributed by atoms with Crippen LogP contribution < -0.4 is 22.0 Å². The van der Waals surface area contributed by atoms with E-state index in [9.17, 15) is 14.4 Å². The van der Waals surface area contributed by atoms with Crippen LogP contribution >= 0.6 is 0 Å². The first-order valence-electron chi connectivity index (χ1n) is 11.4. The number of nitrogens with zero attached hydrogens (tertiary/aromatic N) is 5. The van der Waals surface area contributed by atoms with Crippen LogP contribution in [0.2, 0.25) is 0 Å². The summed E-state index contributed by atoms with van der Waals surface area (Å²) in [5.74, 6) is -0.843. The van der Waals surface area contributed by atoms with Gasteiger partial charge in [-0.1, -0.05) is 12.1 Å². The maximum absolute atomic E-state index is 13.3. The van der Waals surface area contributed by atoms with Crippen LogP contribution in [0.25, 0.3) is 33.1 Å². The Morgan fingerprint density at radius 3 is 2.63 bits per heavy atom. The van der Waals surface area contributed by atoms with Gasteiger partial charge in [-0.25, -0.2) is 9.66 Å². The van der Waals surface area contributed by atoms with Gasteiger partial charge in [0.05, 0.1) is 16.8 Å². The lowest BCUT2D eigenvalue weighted by atomic mass is 10.00. The van der Waals surface area contributed by atoms with Crippen LogP contribution in [0, 0.1) is 5.92 Å². The van der Waals surface area contributed by atoms with Gasteiger partial charge in [0, 0.05) is 19.6 Å². The van der Waals surface area contributed by atoms with E-state index in [2.05, 4.69) is 9.97 Å². The quantitative estimate of drug-likeness (QED) is 0.442. The van der Waals surface area contributed by atoms with Crippen molar-refractivity contribution in [2.75, 3.05) is 30.4 Å². The summed E-state index contributed by atoms with van der Waals surface area (Å²) in [4.78, 5) is 48.0. The molecule has 0 bridgehead atoms. The second-order valence-corrected chi connectivity index (χ2v) is 9.02. The van der Waals surface area contributed by atoms with Crippen molar-refractivity contribution < 1.29 is 14.0 Å². The summed E-state index contributed by atoms with van der Waals surface area (Å²) in [6.45, 7) is 1.28. The van der Waals surface area contributed by atoms with E-state index in [1.54, 1.807) is 28.1 Å². The second kappa shape index (κ2) is 7.83. The average Bonchev–Trinajstić information content (AvgIpc) is 3.45.